The summed E-state index contributed by atoms with van der Waals surface area (Å²) < 4.78 is 5.27. The second kappa shape index (κ2) is 6.38. The number of nitrogens with one attached hydrogen (secondary N) is 1. The second-order valence-electron chi connectivity index (χ2n) is 4.44. The molecule has 0 aliphatic carbocycles. The van der Waals surface area contributed by atoms with Gasteiger partial charge in [-0.2, -0.15) is 0 Å². The molecule has 3 nitrogen and oxygen atoms in total. The quantitative estimate of drug-likeness (QED) is 0.866. The monoisotopic (exact) mass is 274 g/mol. The van der Waals surface area contributed by atoms with E-state index in [9.17, 15) is 0 Å². The Balaban J connectivity index is 1.91. The maximum absolute atomic E-state index is 5.40. The summed E-state index contributed by atoms with van der Waals surface area (Å²) in [5.41, 5.74) is 1.24. The summed E-state index contributed by atoms with van der Waals surface area (Å²) >= 11 is 5.40. The lowest BCUT2D eigenvalue weighted by molar-refractivity contribution is 0.392. The Hall–Kier alpha value is -1.81. The molecule has 0 aliphatic heterocycles. The first-order valence-electron chi connectivity index (χ1n) is 6.26. The van der Waals surface area contributed by atoms with E-state index in [0.29, 0.717) is 11.7 Å². The van der Waals surface area contributed by atoms with E-state index in [0.717, 1.165) is 5.76 Å². The molecule has 0 unspecified atom stereocenters. The van der Waals surface area contributed by atoms with Gasteiger partial charge < -0.3 is 14.6 Å². The molecule has 1 atom stereocenters. The lowest BCUT2D eigenvalue weighted by Gasteiger charge is -2.28. The highest BCUT2D eigenvalue weighted by atomic mass is 32.1. The van der Waals surface area contributed by atoms with Crippen LogP contribution in [0.15, 0.2) is 53.1 Å². The largest absolute Gasteiger partial charge is 0.467 e. The Kier molecular flexibility index (Phi) is 4.58. The van der Waals surface area contributed by atoms with Crippen molar-refractivity contribution >= 4 is 17.3 Å². The van der Waals surface area contributed by atoms with Gasteiger partial charge in [0, 0.05) is 7.05 Å². The Bertz CT molecular complexity index is 510. The van der Waals surface area contributed by atoms with Gasteiger partial charge in [0.1, 0.15) is 5.76 Å². The van der Waals surface area contributed by atoms with Crippen molar-refractivity contribution in [1.82, 2.24) is 10.2 Å². The predicted molar refractivity (Wildman–Crippen MR) is 80.8 cm³/mol. The fourth-order valence-electron chi connectivity index (χ4n) is 1.83. The van der Waals surface area contributed by atoms with Crippen molar-refractivity contribution in [1.29, 1.82) is 0 Å². The van der Waals surface area contributed by atoms with Gasteiger partial charge in [-0.15, -0.1) is 0 Å². The van der Waals surface area contributed by atoms with Gasteiger partial charge >= 0.3 is 0 Å². The molecule has 1 aromatic heterocycles. The van der Waals surface area contributed by atoms with E-state index >= 15 is 0 Å². The minimum Gasteiger partial charge on any atom is -0.467 e. The third-order valence-corrected chi connectivity index (χ3v) is 3.61. The number of benzene rings is 1. The summed E-state index contributed by atoms with van der Waals surface area (Å²) in [4.78, 5) is 2.05. The molecule has 1 aromatic carbocycles. The van der Waals surface area contributed by atoms with Crippen LogP contribution in [0.5, 0.6) is 0 Å². The summed E-state index contributed by atoms with van der Waals surface area (Å²) in [6, 6.07) is 14.3. The summed E-state index contributed by atoms with van der Waals surface area (Å²) in [6.07, 6.45) is 1.66. The van der Waals surface area contributed by atoms with Crippen molar-refractivity contribution in [3.05, 3.63) is 60.1 Å². The van der Waals surface area contributed by atoms with Crippen LogP contribution in [0, 0.1) is 0 Å². The smallest absolute Gasteiger partial charge is 0.169 e. The maximum Gasteiger partial charge on any atom is 0.169 e. The fraction of sp³-hybridized carbons (Fsp3) is 0.267. The Labute approximate surface area is 119 Å². The molecule has 0 amide bonds. The van der Waals surface area contributed by atoms with Gasteiger partial charge in [0.15, 0.2) is 5.11 Å². The molecule has 0 bridgehead atoms. The van der Waals surface area contributed by atoms with E-state index in [2.05, 4.69) is 24.4 Å². The number of nitrogens with zero attached hydrogens (tertiary/aromatic N) is 1. The highest BCUT2D eigenvalue weighted by Gasteiger charge is 2.14. The normalized spacial score (nSPS) is 11.9. The number of thiocarbonyl (C=S) groups is 1. The first kappa shape index (κ1) is 13.6. The zero-order chi connectivity index (χ0) is 13.7. The van der Waals surface area contributed by atoms with Crippen molar-refractivity contribution in [2.45, 2.75) is 19.5 Å². The van der Waals surface area contributed by atoms with E-state index in [-0.39, 0.29) is 6.04 Å². The van der Waals surface area contributed by atoms with Gasteiger partial charge in [-0.25, -0.2) is 0 Å². The highest BCUT2D eigenvalue weighted by Crippen LogP contribution is 2.18. The van der Waals surface area contributed by atoms with Crippen LogP contribution in [-0.2, 0) is 6.54 Å². The molecule has 2 rings (SSSR count). The van der Waals surface area contributed by atoms with Crippen molar-refractivity contribution < 1.29 is 4.42 Å². The minimum atomic E-state index is 0.234. The molecule has 0 saturated carbocycles. The molecular formula is C15H18N2OS. The second-order valence-corrected chi connectivity index (χ2v) is 4.82. The van der Waals surface area contributed by atoms with Crippen LogP contribution >= 0.6 is 12.2 Å². The summed E-state index contributed by atoms with van der Waals surface area (Å²) in [5, 5.41) is 3.91. The van der Waals surface area contributed by atoms with Crippen molar-refractivity contribution in [2.75, 3.05) is 7.05 Å². The van der Waals surface area contributed by atoms with Crippen LogP contribution in [0.25, 0.3) is 0 Å². The lowest BCUT2D eigenvalue weighted by atomic mass is 10.1. The molecule has 0 radical (unpaired) electrons. The third-order valence-electron chi connectivity index (χ3n) is 3.18. The summed E-state index contributed by atoms with van der Waals surface area (Å²) in [6.45, 7) is 2.74. The van der Waals surface area contributed by atoms with E-state index < -0.39 is 0 Å². The van der Waals surface area contributed by atoms with Crippen molar-refractivity contribution in [3.8, 4) is 0 Å². The van der Waals surface area contributed by atoms with Crippen LogP contribution in [0.1, 0.15) is 24.3 Å². The minimum absolute atomic E-state index is 0.234. The summed E-state index contributed by atoms with van der Waals surface area (Å²) in [5.74, 6) is 0.878. The number of hydrogen-bond donors (Lipinski definition) is 1. The van der Waals surface area contributed by atoms with Gasteiger partial charge in [-0.05, 0) is 36.8 Å². The van der Waals surface area contributed by atoms with Crippen LogP contribution in [0.4, 0.5) is 0 Å². The SMILES string of the molecule is C[C@H](c1ccccc1)N(C)C(=S)NCc1ccco1. The molecule has 4 heteroatoms. The number of furan rings is 1. The molecule has 0 fully saturated rings. The van der Waals surface area contributed by atoms with Crippen LogP contribution in [-0.4, -0.2) is 17.1 Å². The molecule has 0 spiro atoms. The van der Waals surface area contributed by atoms with Crippen LogP contribution in [0.3, 0.4) is 0 Å². The molecule has 1 N–H and O–H groups in total. The number of rotatable bonds is 4. The zero-order valence-electron chi connectivity index (χ0n) is 11.2. The Morgan fingerprint density at radius 3 is 2.63 bits per heavy atom. The van der Waals surface area contributed by atoms with E-state index in [1.807, 2.05) is 42.3 Å². The van der Waals surface area contributed by atoms with Gasteiger partial charge in [-0.1, -0.05) is 30.3 Å². The molecule has 100 valence electrons. The highest BCUT2D eigenvalue weighted by molar-refractivity contribution is 7.80. The standard InChI is InChI=1S/C15H18N2OS/c1-12(13-7-4-3-5-8-13)17(2)15(19)16-11-14-9-6-10-18-14/h3-10,12H,11H2,1-2H3,(H,16,19)/t12-/m1/s1. The topological polar surface area (TPSA) is 28.4 Å². The molecule has 19 heavy (non-hydrogen) atoms. The first-order chi connectivity index (χ1) is 9.18. The third kappa shape index (κ3) is 3.58. The molecule has 1 heterocycles. The Morgan fingerprint density at radius 2 is 2.00 bits per heavy atom. The van der Waals surface area contributed by atoms with Crippen molar-refractivity contribution in [2.24, 2.45) is 0 Å². The first-order valence-corrected chi connectivity index (χ1v) is 6.67. The van der Waals surface area contributed by atoms with Crippen molar-refractivity contribution in [3.63, 3.8) is 0 Å². The van der Waals surface area contributed by atoms with Gasteiger partial charge in [0.2, 0.25) is 0 Å². The fourth-order valence-corrected chi connectivity index (χ4v) is 2.06. The maximum atomic E-state index is 5.40. The van der Waals surface area contributed by atoms with E-state index in [1.165, 1.54) is 5.56 Å². The Morgan fingerprint density at radius 1 is 1.26 bits per heavy atom. The molecule has 2 aromatic rings. The van der Waals surface area contributed by atoms with Gasteiger partial charge in [-0.3, -0.25) is 0 Å². The van der Waals surface area contributed by atoms with E-state index in [4.69, 9.17) is 16.6 Å². The summed E-state index contributed by atoms with van der Waals surface area (Å²) in [7, 11) is 2.00. The van der Waals surface area contributed by atoms with Gasteiger partial charge in [0.05, 0.1) is 18.8 Å². The van der Waals surface area contributed by atoms with E-state index in [1.54, 1.807) is 6.26 Å². The van der Waals surface area contributed by atoms with Gasteiger partial charge in [0.25, 0.3) is 0 Å². The molecule has 0 aliphatic rings. The van der Waals surface area contributed by atoms with Crippen LogP contribution < -0.4 is 5.32 Å². The predicted octanol–water partition coefficient (Wildman–Crippen LogP) is 3.35. The zero-order valence-corrected chi connectivity index (χ0v) is 12.0. The van der Waals surface area contributed by atoms with Crippen LogP contribution in [0.2, 0.25) is 0 Å². The average Bonchev–Trinajstić information content (AvgIpc) is 2.97. The molecule has 0 saturated heterocycles. The average molecular weight is 274 g/mol. The lowest BCUT2D eigenvalue weighted by Crippen LogP contribution is -2.38. The number of hydrogen-bond acceptors (Lipinski definition) is 2. The molecular weight excluding hydrogens is 256 g/mol.